The molecule has 15 heavy (non-hydrogen) atoms. The molecule has 0 saturated heterocycles. The fourth-order valence-electron chi connectivity index (χ4n) is 1.47. The summed E-state index contributed by atoms with van der Waals surface area (Å²) in [7, 11) is 3.65. The van der Waals surface area contributed by atoms with Crippen LogP contribution in [-0.2, 0) is 14.1 Å². The van der Waals surface area contributed by atoms with E-state index in [-0.39, 0.29) is 0 Å². The average Bonchev–Trinajstić information content (AvgIpc) is 2.71. The summed E-state index contributed by atoms with van der Waals surface area (Å²) in [5.74, 6) is 0. The summed E-state index contributed by atoms with van der Waals surface area (Å²) < 4.78 is 3.38. The van der Waals surface area contributed by atoms with Crippen molar-refractivity contribution in [2.45, 2.75) is 6.92 Å². The van der Waals surface area contributed by atoms with Crippen LogP contribution in [0.3, 0.4) is 0 Å². The lowest BCUT2D eigenvalue weighted by atomic mass is 10.2. The summed E-state index contributed by atoms with van der Waals surface area (Å²) in [5.41, 5.74) is 2.97. The molecule has 2 aromatic heterocycles. The van der Waals surface area contributed by atoms with E-state index in [0.29, 0.717) is 11.3 Å². The first-order valence-corrected chi connectivity index (χ1v) is 4.61. The second-order valence-corrected chi connectivity index (χ2v) is 3.52. The van der Waals surface area contributed by atoms with Crippen LogP contribution in [0.4, 0.5) is 0 Å². The summed E-state index contributed by atoms with van der Waals surface area (Å²) in [5, 5.41) is 8.50. The molecule has 2 aromatic rings. The number of hydrogen-bond donors (Lipinski definition) is 0. The minimum atomic E-state index is 0.565. The summed E-state index contributed by atoms with van der Waals surface area (Å²) in [6, 6.07) is 1.91. The molecule has 0 saturated carbocycles. The van der Waals surface area contributed by atoms with Crippen LogP contribution in [0.1, 0.15) is 16.1 Å². The zero-order valence-corrected chi connectivity index (χ0v) is 8.93. The van der Waals surface area contributed by atoms with Gasteiger partial charge in [0.1, 0.15) is 11.4 Å². The standard InChI is InChI=1S/C10H12N4O/c1-7-4-9(11-14(7)3)10-8(6-15)5-13(2)12-10/h4-6H,1-3H3. The van der Waals surface area contributed by atoms with Gasteiger partial charge in [0.25, 0.3) is 0 Å². The first-order chi connectivity index (χ1) is 7.11. The van der Waals surface area contributed by atoms with E-state index in [1.807, 2.05) is 20.0 Å². The first kappa shape index (κ1) is 9.64. The molecule has 2 rings (SSSR count). The van der Waals surface area contributed by atoms with E-state index in [4.69, 9.17) is 0 Å². The number of carbonyl (C=O) groups excluding carboxylic acids is 1. The molecule has 0 atom stereocenters. The van der Waals surface area contributed by atoms with Gasteiger partial charge in [0.05, 0.1) is 5.56 Å². The summed E-state index contributed by atoms with van der Waals surface area (Å²) in [6.07, 6.45) is 2.48. The minimum Gasteiger partial charge on any atom is -0.298 e. The van der Waals surface area contributed by atoms with Gasteiger partial charge in [0.15, 0.2) is 6.29 Å². The van der Waals surface area contributed by atoms with E-state index in [2.05, 4.69) is 10.2 Å². The smallest absolute Gasteiger partial charge is 0.153 e. The normalized spacial score (nSPS) is 10.6. The molecule has 78 valence electrons. The van der Waals surface area contributed by atoms with Crippen LogP contribution in [0.15, 0.2) is 12.3 Å². The van der Waals surface area contributed by atoms with Crippen molar-refractivity contribution in [3.63, 3.8) is 0 Å². The maximum Gasteiger partial charge on any atom is 0.153 e. The quantitative estimate of drug-likeness (QED) is 0.684. The van der Waals surface area contributed by atoms with Crippen molar-refractivity contribution in [1.29, 1.82) is 0 Å². The van der Waals surface area contributed by atoms with Gasteiger partial charge in [-0.3, -0.25) is 14.2 Å². The minimum absolute atomic E-state index is 0.565. The highest BCUT2D eigenvalue weighted by Gasteiger charge is 2.12. The summed E-state index contributed by atoms with van der Waals surface area (Å²) >= 11 is 0. The van der Waals surface area contributed by atoms with Crippen molar-refractivity contribution in [3.05, 3.63) is 23.5 Å². The lowest BCUT2D eigenvalue weighted by Gasteiger charge is -1.90. The fraction of sp³-hybridized carbons (Fsp3) is 0.300. The van der Waals surface area contributed by atoms with Crippen LogP contribution in [0.25, 0.3) is 11.4 Å². The molecule has 0 spiro atoms. The van der Waals surface area contributed by atoms with Crippen LogP contribution >= 0.6 is 0 Å². The molecule has 0 aliphatic carbocycles. The first-order valence-electron chi connectivity index (χ1n) is 4.61. The average molecular weight is 204 g/mol. The Morgan fingerprint density at radius 3 is 2.60 bits per heavy atom. The van der Waals surface area contributed by atoms with Gasteiger partial charge in [0, 0.05) is 26.0 Å². The van der Waals surface area contributed by atoms with Gasteiger partial charge in [-0.05, 0) is 13.0 Å². The molecular formula is C10H12N4O. The fourth-order valence-corrected chi connectivity index (χ4v) is 1.47. The summed E-state index contributed by atoms with van der Waals surface area (Å²) in [4.78, 5) is 10.8. The molecule has 0 amide bonds. The van der Waals surface area contributed by atoms with E-state index in [1.165, 1.54) is 0 Å². The Kier molecular flexibility index (Phi) is 2.15. The van der Waals surface area contributed by atoms with Gasteiger partial charge in [-0.1, -0.05) is 0 Å². The molecule has 5 nitrogen and oxygen atoms in total. The molecule has 0 aliphatic heterocycles. The molecular weight excluding hydrogens is 192 g/mol. The van der Waals surface area contributed by atoms with E-state index < -0.39 is 0 Å². The van der Waals surface area contributed by atoms with Crippen LogP contribution in [0.5, 0.6) is 0 Å². The molecule has 0 radical (unpaired) electrons. The topological polar surface area (TPSA) is 52.7 Å². The molecule has 0 N–H and O–H groups in total. The molecule has 5 heteroatoms. The number of nitrogens with zero attached hydrogens (tertiary/aromatic N) is 4. The Balaban J connectivity index is 2.57. The Bertz CT molecular complexity index is 490. The zero-order chi connectivity index (χ0) is 11.0. The van der Waals surface area contributed by atoms with Crippen LogP contribution in [0, 0.1) is 6.92 Å². The molecule has 0 bridgehead atoms. The highest BCUT2D eigenvalue weighted by atomic mass is 16.1. The third-order valence-electron chi connectivity index (χ3n) is 2.34. The Morgan fingerprint density at radius 2 is 2.07 bits per heavy atom. The molecule has 0 unspecified atom stereocenters. The predicted molar refractivity (Wildman–Crippen MR) is 55.5 cm³/mol. The molecule has 0 aliphatic rings. The van der Waals surface area contributed by atoms with Crippen molar-refractivity contribution >= 4 is 6.29 Å². The Labute approximate surface area is 87.3 Å². The van der Waals surface area contributed by atoms with Gasteiger partial charge in [-0.25, -0.2) is 0 Å². The van der Waals surface area contributed by atoms with Gasteiger partial charge in [-0.15, -0.1) is 0 Å². The molecule has 0 fully saturated rings. The number of aryl methyl sites for hydroxylation is 3. The second kappa shape index (κ2) is 3.34. The van der Waals surface area contributed by atoms with E-state index in [0.717, 1.165) is 17.7 Å². The predicted octanol–water partition coefficient (Wildman–Crippen LogP) is 0.942. The number of aromatic nitrogens is 4. The van der Waals surface area contributed by atoms with Crippen molar-refractivity contribution in [2.75, 3.05) is 0 Å². The highest BCUT2D eigenvalue weighted by molar-refractivity contribution is 5.84. The molecule has 0 aromatic carbocycles. The van der Waals surface area contributed by atoms with Crippen LogP contribution < -0.4 is 0 Å². The van der Waals surface area contributed by atoms with Crippen molar-refractivity contribution in [3.8, 4) is 11.4 Å². The Morgan fingerprint density at radius 1 is 1.33 bits per heavy atom. The monoisotopic (exact) mass is 204 g/mol. The van der Waals surface area contributed by atoms with E-state index in [9.17, 15) is 4.79 Å². The summed E-state index contributed by atoms with van der Waals surface area (Å²) in [6.45, 7) is 1.96. The lowest BCUT2D eigenvalue weighted by molar-refractivity contribution is 0.112. The third kappa shape index (κ3) is 1.56. The van der Waals surface area contributed by atoms with Gasteiger partial charge in [0.2, 0.25) is 0 Å². The van der Waals surface area contributed by atoms with E-state index in [1.54, 1.807) is 22.6 Å². The lowest BCUT2D eigenvalue weighted by Crippen LogP contribution is -1.93. The zero-order valence-electron chi connectivity index (χ0n) is 8.93. The number of carbonyl (C=O) groups is 1. The van der Waals surface area contributed by atoms with Gasteiger partial charge < -0.3 is 0 Å². The van der Waals surface area contributed by atoms with Crippen molar-refractivity contribution in [1.82, 2.24) is 19.6 Å². The number of rotatable bonds is 2. The highest BCUT2D eigenvalue weighted by Crippen LogP contribution is 2.19. The van der Waals surface area contributed by atoms with Gasteiger partial charge in [-0.2, -0.15) is 10.2 Å². The van der Waals surface area contributed by atoms with E-state index >= 15 is 0 Å². The molecule has 2 heterocycles. The van der Waals surface area contributed by atoms with Crippen LogP contribution in [0.2, 0.25) is 0 Å². The number of hydrogen-bond acceptors (Lipinski definition) is 3. The number of aldehydes is 1. The second-order valence-electron chi connectivity index (χ2n) is 3.52. The van der Waals surface area contributed by atoms with Gasteiger partial charge >= 0.3 is 0 Å². The third-order valence-corrected chi connectivity index (χ3v) is 2.34. The maximum atomic E-state index is 10.8. The maximum absolute atomic E-state index is 10.8. The van der Waals surface area contributed by atoms with Crippen molar-refractivity contribution in [2.24, 2.45) is 14.1 Å². The Hall–Kier alpha value is -1.91. The SMILES string of the molecule is Cc1cc(-c2nn(C)cc2C=O)nn1C. The van der Waals surface area contributed by atoms with Crippen molar-refractivity contribution < 1.29 is 4.79 Å². The largest absolute Gasteiger partial charge is 0.298 e. The van der Waals surface area contributed by atoms with Crippen LogP contribution in [-0.4, -0.2) is 25.8 Å².